The standard InChI is InChI=1S/C29H32N2O5S/c1-34-22-9-5-10-23(17-22)36-20-26-25-13-16-37-27(25)12-14-31(26)28(32)19-30(18-24-11-6-15-35-24)29(33)21-7-3-2-4-8-21/h2-5,7-10,13,16-17,24,26H,6,11-12,14-15,18-20H2,1H3/t24-,26+/m0/s1. The third kappa shape index (κ3) is 5.97. The van der Waals surface area contributed by atoms with Crippen LogP contribution in [0.2, 0.25) is 0 Å². The lowest BCUT2D eigenvalue weighted by atomic mass is 10.00. The number of fused-ring (bicyclic) bond motifs is 1. The van der Waals surface area contributed by atoms with Crippen LogP contribution in [0, 0.1) is 0 Å². The van der Waals surface area contributed by atoms with Crippen molar-refractivity contribution in [3.05, 3.63) is 82.0 Å². The van der Waals surface area contributed by atoms with Gasteiger partial charge in [0.1, 0.15) is 24.7 Å². The molecule has 2 amide bonds. The average Bonchev–Trinajstić information content (AvgIpc) is 3.64. The molecule has 2 aliphatic rings. The number of benzene rings is 2. The largest absolute Gasteiger partial charge is 0.497 e. The summed E-state index contributed by atoms with van der Waals surface area (Å²) in [6.07, 6.45) is 2.62. The summed E-state index contributed by atoms with van der Waals surface area (Å²) in [6.45, 7) is 2.01. The summed E-state index contributed by atoms with van der Waals surface area (Å²) < 4.78 is 17.3. The average molecular weight is 521 g/mol. The zero-order chi connectivity index (χ0) is 25.6. The van der Waals surface area contributed by atoms with Gasteiger partial charge in [0.05, 0.1) is 19.3 Å². The van der Waals surface area contributed by atoms with Crippen molar-refractivity contribution in [1.29, 1.82) is 0 Å². The van der Waals surface area contributed by atoms with Crippen LogP contribution in [0.5, 0.6) is 11.5 Å². The predicted octanol–water partition coefficient (Wildman–Crippen LogP) is 4.58. The van der Waals surface area contributed by atoms with E-state index in [1.165, 1.54) is 4.88 Å². The number of carbonyl (C=O) groups excluding carboxylic acids is 2. The Morgan fingerprint density at radius 3 is 2.73 bits per heavy atom. The van der Waals surface area contributed by atoms with E-state index in [0.717, 1.165) is 30.6 Å². The molecule has 7 nitrogen and oxygen atoms in total. The minimum absolute atomic E-state index is 0.00270. The molecule has 2 atom stereocenters. The van der Waals surface area contributed by atoms with Gasteiger partial charge in [0, 0.05) is 36.2 Å². The van der Waals surface area contributed by atoms with Gasteiger partial charge in [-0.2, -0.15) is 0 Å². The maximum atomic E-state index is 13.8. The van der Waals surface area contributed by atoms with Crippen LogP contribution in [-0.2, 0) is 16.0 Å². The van der Waals surface area contributed by atoms with Gasteiger partial charge in [-0.05, 0) is 60.5 Å². The molecule has 3 aromatic rings. The zero-order valence-corrected chi connectivity index (χ0v) is 21.8. The highest BCUT2D eigenvalue weighted by atomic mass is 32.1. The smallest absolute Gasteiger partial charge is 0.254 e. The lowest BCUT2D eigenvalue weighted by Crippen LogP contribution is -2.49. The SMILES string of the molecule is COc1cccc(OC[C@@H]2c3ccsc3CCN2C(=O)CN(C[C@@H]2CCCO2)C(=O)c2ccccc2)c1. The van der Waals surface area contributed by atoms with Crippen molar-refractivity contribution in [1.82, 2.24) is 9.80 Å². The Bertz CT molecular complexity index is 1210. The van der Waals surface area contributed by atoms with Gasteiger partial charge in [-0.15, -0.1) is 11.3 Å². The van der Waals surface area contributed by atoms with Gasteiger partial charge in [-0.25, -0.2) is 0 Å². The van der Waals surface area contributed by atoms with Crippen LogP contribution in [0.3, 0.4) is 0 Å². The fourth-order valence-electron chi connectivity index (χ4n) is 5.01. The summed E-state index contributed by atoms with van der Waals surface area (Å²) in [5, 5.41) is 2.07. The second kappa shape index (κ2) is 11.8. The molecule has 8 heteroatoms. The monoisotopic (exact) mass is 520 g/mol. The predicted molar refractivity (Wildman–Crippen MR) is 142 cm³/mol. The third-order valence-electron chi connectivity index (χ3n) is 6.95. The molecule has 37 heavy (non-hydrogen) atoms. The zero-order valence-electron chi connectivity index (χ0n) is 21.0. The fraction of sp³-hybridized carbons (Fsp3) is 0.379. The molecule has 1 aromatic heterocycles. The number of amides is 2. The minimum atomic E-state index is -0.231. The molecular formula is C29H32N2O5S. The van der Waals surface area contributed by atoms with E-state index in [9.17, 15) is 9.59 Å². The third-order valence-corrected chi connectivity index (χ3v) is 7.94. The van der Waals surface area contributed by atoms with Gasteiger partial charge in [0.25, 0.3) is 5.91 Å². The van der Waals surface area contributed by atoms with Gasteiger partial charge in [-0.3, -0.25) is 9.59 Å². The van der Waals surface area contributed by atoms with Gasteiger partial charge >= 0.3 is 0 Å². The molecule has 3 heterocycles. The maximum absolute atomic E-state index is 13.8. The summed E-state index contributed by atoms with van der Waals surface area (Å²) in [5.41, 5.74) is 1.69. The molecular weight excluding hydrogens is 488 g/mol. The number of methoxy groups -OCH3 is 1. The summed E-state index contributed by atoms with van der Waals surface area (Å²) in [7, 11) is 1.62. The van der Waals surface area contributed by atoms with Crippen LogP contribution in [0.4, 0.5) is 0 Å². The molecule has 5 rings (SSSR count). The Morgan fingerprint density at radius 1 is 1.11 bits per heavy atom. The lowest BCUT2D eigenvalue weighted by molar-refractivity contribution is -0.135. The van der Waals surface area contributed by atoms with Crippen molar-refractivity contribution in [2.24, 2.45) is 0 Å². The Morgan fingerprint density at radius 2 is 1.95 bits per heavy atom. The van der Waals surface area contributed by atoms with E-state index in [4.69, 9.17) is 14.2 Å². The van der Waals surface area contributed by atoms with Crippen LogP contribution in [0.1, 0.15) is 39.7 Å². The van der Waals surface area contributed by atoms with Gasteiger partial charge < -0.3 is 24.0 Å². The molecule has 0 bridgehead atoms. The lowest BCUT2D eigenvalue weighted by Gasteiger charge is -2.37. The van der Waals surface area contributed by atoms with Crippen molar-refractivity contribution in [3.63, 3.8) is 0 Å². The highest BCUT2D eigenvalue weighted by Crippen LogP contribution is 2.34. The molecule has 1 saturated heterocycles. The number of thiophene rings is 1. The van der Waals surface area contributed by atoms with Crippen molar-refractivity contribution in [2.45, 2.75) is 31.4 Å². The topological polar surface area (TPSA) is 68.3 Å². The summed E-state index contributed by atoms with van der Waals surface area (Å²) in [4.78, 5) is 32.0. The van der Waals surface area contributed by atoms with Gasteiger partial charge in [0.15, 0.2) is 0 Å². The highest BCUT2D eigenvalue weighted by Gasteiger charge is 2.34. The molecule has 0 saturated carbocycles. The fourth-order valence-corrected chi connectivity index (χ4v) is 5.94. The number of rotatable bonds is 9. The quantitative estimate of drug-likeness (QED) is 0.413. The number of hydrogen-bond donors (Lipinski definition) is 0. The van der Waals surface area contributed by atoms with E-state index in [0.29, 0.717) is 37.6 Å². The number of nitrogens with zero attached hydrogens (tertiary/aromatic N) is 2. The number of carbonyl (C=O) groups is 2. The van der Waals surface area contributed by atoms with E-state index in [2.05, 4.69) is 11.4 Å². The van der Waals surface area contributed by atoms with Gasteiger partial charge in [0.2, 0.25) is 5.91 Å². The molecule has 2 aromatic carbocycles. The van der Waals surface area contributed by atoms with Crippen molar-refractivity contribution < 1.29 is 23.8 Å². The van der Waals surface area contributed by atoms with E-state index < -0.39 is 0 Å². The normalized spacial score (nSPS) is 18.8. The molecule has 194 valence electrons. The molecule has 0 unspecified atom stereocenters. The molecule has 0 radical (unpaired) electrons. The molecule has 0 N–H and O–H groups in total. The first-order chi connectivity index (χ1) is 18.1. The van der Waals surface area contributed by atoms with Crippen LogP contribution in [0.15, 0.2) is 66.0 Å². The van der Waals surface area contributed by atoms with Gasteiger partial charge in [-0.1, -0.05) is 24.3 Å². The van der Waals surface area contributed by atoms with Crippen molar-refractivity contribution in [3.8, 4) is 11.5 Å². The Hall–Kier alpha value is -3.36. The van der Waals surface area contributed by atoms with Crippen LogP contribution < -0.4 is 9.47 Å². The number of hydrogen-bond acceptors (Lipinski definition) is 6. The maximum Gasteiger partial charge on any atom is 0.254 e. The summed E-state index contributed by atoms with van der Waals surface area (Å²) in [6, 6.07) is 18.5. The summed E-state index contributed by atoms with van der Waals surface area (Å²) in [5.74, 6) is 1.17. The molecule has 1 fully saturated rings. The molecule has 2 aliphatic heterocycles. The van der Waals surface area contributed by atoms with E-state index in [1.807, 2.05) is 47.4 Å². The van der Waals surface area contributed by atoms with Crippen LogP contribution in [-0.4, -0.2) is 67.7 Å². The first-order valence-electron chi connectivity index (χ1n) is 12.7. The second-order valence-electron chi connectivity index (χ2n) is 9.33. The van der Waals surface area contributed by atoms with Crippen molar-refractivity contribution >= 4 is 23.2 Å². The number of ether oxygens (including phenoxy) is 3. The van der Waals surface area contributed by atoms with Crippen LogP contribution in [0.25, 0.3) is 0 Å². The first kappa shape index (κ1) is 25.3. The highest BCUT2D eigenvalue weighted by molar-refractivity contribution is 7.10. The van der Waals surface area contributed by atoms with E-state index >= 15 is 0 Å². The van der Waals surface area contributed by atoms with E-state index in [1.54, 1.807) is 35.5 Å². The second-order valence-corrected chi connectivity index (χ2v) is 10.3. The Labute approximate surface area is 221 Å². The van der Waals surface area contributed by atoms with E-state index in [-0.39, 0.29) is 30.5 Å². The summed E-state index contributed by atoms with van der Waals surface area (Å²) >= 11 is 1.71. The first-order valence-corrected chi connectivity index (χ1v) is 13.6. The minimum Gasteiger partial charge on any atom is -0.497 e. The molecule has 0 spiro atoms. The van der Waals surface area contributed by atoms with Crippen LogP contribution >= 0.6 is 11.3 Å². The Kier molecular flexibility index (Phi) is 8.06. The Balaban J connectivity index is 1.34. The molecule has 0 aliphatic carbocycles. The van der Waals surface area contributed by atoms with Crippen molar-refractivity contribution in [2.75, 3.05) is 40.0 Å².